The molecule has 6 nitrogen and oxygen atoms in total. The zero-order valence-electron chi connectivity index (χ0n) is 14.0. The van der Waals surface area contributed by atoms with Gasteiger partial charge in [-0.3, -0.25) is 4.79 Å². The molecule has 3 rings (SSSR count). The summed E-state index contributed by atoms with van der Waals surface area (Å²) in [5.41, 5.74) is 3.44. The van der Waals surface area contributed by atoms with E-state index in [1.165, 1.54) is 0 Å². The molecule has 24 heavy (non-hydrogen) atoms. The van der Waals surface area contributed by atoms with E-state index in [-0.39, 0.29) is 5.91 Å². The van der Waals surface area contributed by atoms with E-state index in [1.54, 1.807) is 17.2 Å². The van der Waals surface area contributed by atoms with Crippen molar-refractivity contribution in [3.63, 3.8) is 0 Å². The van der Waals surface area contributed by atoms with Gasteiger partial charge in [0.2, 0.25) is 0 Å². The molecule has 1 saturated heterocycles. The fourth-order valence-corrected chi connectivity index (χ4v) is 2.53. The summed E-state index contributed by atoms with van der Waals surface area (Å²) >= 11 is 0. The molecule has 0 saturated carbocycles. The van der Waals surface area contributed by atoms with Gasteiger partial charge in [-0.25, -0.2) is 4.98 Å². The number of hydrogen-bond donors (Lipinski definition) is 1. The Labute approximate surface area is 142 Å². The molecule has 1 fully saturated rings. The quantitative estimate of drug-likeness (QED) is 0.935. The van der Waals surface area contributed by atoms with Crippen molar-refractivity contribution in [2.24, 2.45) is 0 Å². The van der Waals surface area contributed by atoms with Crippen molar-refractivity contribution in [1.29, 1.82) is 0 Å². The highest BCUT2D eigenvalue weighted by Gasteiger charge is 2.19. The number of hydrogen-bond acceptors (Lipinski definition) is 5. The number of nitrogens with zero attached hydrogens (tertiary/aromatic N) is 3. The van der Waals surface area contributed by atoms with Crippen LogP contribution in [-0.2, 0) is 4.74 Å². The number of carbonyl (C=O) groups is 1. The normalized spacial score (nSPS) is 14.3. The Balaban J connectivity index is 1.64. The van der Waals surface area contributed by atoms with Crippen LogP contribution in [0.25, 0.3) is 0 Å². The van der Waals surface area contributed by atoms with Crippen molar-refractivity contribution in [3.8, 4) is 0 Å². The largest absolute Gasteiger partial charge is 0.378 e. The molecule has 6 heteroatoms. The maximum Gasteiger partial charge on any atom is 0.272 e. The van der Waals surface area contributed by atoms with Crippen LogP contribution >= 0.6 is 0 Å². The summed E-state index contributed by atoms with van der Waals surface area (Å²) in [7, 11) is 4.02. The number of nitrogens with one attached hydrogen (secondary N) is 1. The molecule has 0 spiro atoms. The number of rotatable bonds is 4. The smallest absolute Gasteiger partial charge is 0.272 e. The molecule has 1 amide bonds. The summed E-state index contributed by atoms with van der Waals surface area (Å²) in [4.78, 5) is 20.5. The predicted molar refractivity (Wildman–Crippen MR) is 95.0 cm³/mol. The SMILES string of the molecule is CN(C)c1ccc(Nc2ccc(C(=O)N3CCOCC3)nc2)cc1. The van der Waals surface area contributed by atoms with Crippen LogP contribution in [0.15, 0.2) is 42.6 Å². The lowest BCUT2D eigenvalue weighted by molar-refractivity contribution is 0.0299. The molecule has 0 unspecified atom stereocenters. The fourth-order valence-electron chi connectivity index (χ4n) is 2.53. The van der Waals surface area contributed by atoms with Crippen LogP contribution in [0.1, 0.15) is 10.5 Å². The number of aromatic nitrogens is 1. The van der Waals surface area contributed by atoms with E-state index in [0.717, 1.165) is 17.1 Å². The van der Waals surface area contributed by atoms with E-state index >= 15 is 0 Å². The molecule has 1 aromatic heterocycles. The highest BCUT2D eigenvalue weighted by Crippen LogP contribution is 2.20. The summed E-state index contributed by atoms with van der Waals surface area (Å²) in [5, 5.41) is 3.29. The number of benzene rings is 1. The third-order valence-electron chi connectivity index (χ3n) is 3.95. The summed E-state index contributed by atoms with van der Waals surface area (Å²) < 4.78 is 5.27. The van der Waals surface area contributed by atoms with Crippen molar-refractivity contribution >= 4 is 23.0 Å². The number of anilines is 3. The second-order valence-electron chi connectivity index (χ2n) is 5.90. The van der Waals surface area contributed by atoms with Crippen molar-refractivity contribution < 1.29 is 9.53 Å². The van der Waals surface area contributed by atoms with Crippen LogP contribution in [0.5, 0.6) is 0 Å². The molecule has 1 aliphatic rings. The van der Waals surface area contributed by atoms with Gasteiger partial charge in [-0.2, -0.15) is 0 Å². The van der Waals surface area contributed by atoms with E-state index in [2.05, 4.69) is 15.2 Å². The van der Waals surface area contributed by atoms with E-state index < -0.39 is 0 Å². The maximum atomic E-state index is 12.4. The zero-order chi connectivity index (χ0) is 16.9. The van der Waals surface area contributed by atoms with E-state index in [9.17, 15) is 4.79 Å². The van der Waals surface area contributed by atoms with Crippen LogP contribution < -0.4 is 10.2 Å². The van der Waals surface area contributed by atoms with Gasteiger partial charge in [0.15, 0.2) is 0 Å². The second-order valence-corrected chi connectivity index (χ2v) is 5.90. The Bertz CT molecular complexity index is 677. The summed E-state index contributed by atoms with van der Waals surface area (Å²) in [6.45, 7) is 2.43. The number of ether oxygens (including phenoxy) is 1. The molecule has 0 atom stereocenters. The zero-order valence-corrected chi connectivity index (χ0v) is 14.0. The highest BCUT2D eigenvalue weighted by molar-refractivity contribution is 5.92. The van der Waals surface area contributed by atoms with Gasteiger partial charge >= 0.3 is 0 Å². The minimum atomic E-state index is -0.0415. The van der Waals surface area contributed by atoms with E-state index in [0.29, 0.717) is 32.0 Å². The number of pyridine rings is 1. The van der Waals surface area contributed by atoms with E-state index in [1.807, 2.05) is 44.4 Å². The summed E-state index contributed by atoms with van der Waals surface area (Å²) in [5.74, 6) is -0.0415. The topological polar surface area (TPSA) is 57.7 Å². The highest BCUT2D eigenvalue weighted by atomic mass is 16.5. The molecule has 0 radical (unpaired) electrons. The average Bonchev–Trinajstić information content (AvgIpc) is 2.63. The lowest BCUT2D eigenvalue weighted by Crippen LogP contribution is -2.41. The predicted octanol–water partition coefficient (Wildman–Crippen LogP) is 2.36. The Morgan fingerprint density at radius 2 is 1.75 bits per heavy atom. The lowest BCUT2D eigenvalue weighted by atomic mass is 10.2. The molecular formula is C18H22N4O2. The summed E-state index contributed by atoms with van der Waals surface area (Å²) in [6.07, 6.45) is 1.69. The molecule has 1 N–H and O–H groups in total. The molecule has 1 aliphatic heterocycles. The van der Waals surface area contributed by atoms with Crippen LogP contribution in [0.3, 0.4) is 0 Å². The molecule has 0 bridgehead atoms. The minimum Gasteiger partial charge on any atom is -0.378 e. The van der Waals surface area contributed by atoms with Gasteiger partial charge in [0, 0.05) is 38.6 Å². The average molecular weight is 326 g/mol. The molecule has 2 heterocycles. The number of morpholine rings is 1. The molecular weight excluding hydrogens is 304 g/mol. The first-order valence-electron chi connectivity index (χ1n) is 8.01. The first-order valence-corrected chi connectivity index (χ1v) is 8.01. The fraction of sp³-hybridized carbons (Fsp3) is 0.333. The monoisotopic (exact) mass is 326 g/mol. The van der Waals surface area contributed by atoms with Crippen LogP contribution in [0.2, 0.25) is 0 Å². The third kappa shape index (κ3) is 3.83. The van der Waals surface area contributed by atoms with Gasteiger partial charge in [0.25, 0.3) is 5.91 Å². The Morgan fingerprint density at radius 3 is 2.33 bits per heavy atom. The molecule has 0 aliphatic carbocycles. The van der Waals surface area contributed by atoms with Crippen molar-refractivity contribution in [2.45, 2.75) is 0 Å². The van der Waals surface area contributed by atoms with Crippen molar-refractivity contribution in [1.82, 2.24) is 9.88 Å². The minimum absolute atomic E-state index is 0.0415. The molecule has 1 aromatic carbocycles. The van der Waals surface area contributed by atoms with Crippen LogP contribution in [0.4, 0.5) is 17.1 Å². The number of carbonyl (C=O) groups excluding carboxylic acids is 1. The summed E-state index contributed by atoms with van der Waals surface area (Å²) in [6, 6.07) is 11.8. The lowest BCUT2D eigenvalue weighted by Gasteiger charge is -2.26. The molecule has 126 valence electrons. The molecule has 2 aromatic rings. The third-order valence-corrected chi connectivity index (χ3v) is 3.95. The van der Waals surface area contributed by atoms with E-state index in [4.69, 9.17) is 4.74 Å². The first kappa shape index (κ1) is 16.3. The first-order chi connectivity index (χ1) is 11.6. The number of amides is 1. The Morgan fingerprint density at radius 1 is 1.08 bits per heavy atom. The van der Waals surface area contributed by atoms with Gasteiger partial charge in [0.05, 0.1) is 25.1 Å². The van der Waals surface area contributed by atoms with Gasteiger partial charge < -0.3 is 19.9 Å². The Kier molecular flexibility index (Phi) is 4.96. The van der Waals surface area contributed by atoms with Gasteiger partial charge in [-0.05, 0) is 36.4 Å². The second kappa shape index (κ2) is 7.31. The van der Waals surface area contributed by atoms with Gasteiger partial charge in [-0.1, -0.05) is 0 Å². The Hall–Kier alpha value is -2.60. The maximum absolute atomic E-state index is 12.4. The van der Waals surface area contributed by atoms with Crippen LogP contribution in [-0.4, -0.2) is 56.2 Å². The standard InChI is InChI=1S/C18H22N4O2/c1-21(2)16-6-3-14(4-7-16)20-15-5-8-17(19-13-15)18(23)22-9-11-24-12-10-22/h3-8,13,20H,9-12H2,1-2H3. The van der Waals surface area contributed by atoms with Crippen molar-refractivity contribution in [2.75, 3.05) is 50.6 Å². The van der Waals surface area contributed by atoms with Gasteiger partial charge in [0.1, 0.15) is 5.69 Å². The van der Waals surface area contributed by atoms with Crippen molar-refractivity contribution in [3.05, 3.63) is 48.3 Å². The van der Waals surface area contributed by atoms with Crippen LogP contribution in [0, 0.1) is 0 Å². The van der Waals surface area contributed by atoms with Gasteiger partial charge in [-0.15, -0.1) is 0 Å².